The standard InChI is InChI=1S/C17H24FN3O/c1-3-19-17(21-15-9-13-5-7-16(15)22-13)20-10-12-4-6-14(18)11(2)8-12/h4,6,8,13,15-16H,3,5,7,9-10H2,1-2H3,(H2,19,20,21). The fourth-order valence-corrected chi connectivity index (χ4v) is 3.26. The molecule has 1 aromatic carbocycles. The zero-order valence-corrected chi connectivity index (χ0v) is 13.2. The maximum absolute atomic E-state index is 13.3. The van der Waals surface area contributed by atoms with Gasteiger partial charge in [-0.05, 0) is 50.3 Å². The van der Waals surface area contributed by atoms with Crippen LogP contribution in [0, 0.1) is 12.7 Å². The van der Waals surface area contributed by atoms with Crippen LogP contribution >= 0.6 is 0 Å². The highest BCUT2D eigenvalue weighted by molar-refractivity contribution is 5.80. The number of halogens is 1. The van der Waals surface area contributed by atoms with E-state index in [9.17, 15) is 4.39 Å². The number of ether oxygens (including phenoxy) is 1. The predicted molar refractivity (Wildman–Crippen MR) is 85.4 cm³/mol. The summed E-state index contributed by atoms with van der Waals surface area (Å²) in [5, 5.41) is 6.76. The maximum atomic E-state index is 13.3. The van der Waals surface area contributed by atoms with Crippen LogP contribution in [0.15, 0.2) is 23.2 Å². The Morgan fingerprint density at radius 3 is 2.91 bits per heavy atom. The van der Waals surface area contributed by atoms with Crippen LogP contribution in [0.3, 0.4) is 0 Å². The molecule has 2 aliphatic rings. The lowest BCUT2D eigenvalue weighted by molar-refractivity contribution is 0.0992. The smallest absolute Gasteiger partial charge is 0.191 e. The Hall–Kier alpha value is -1.62. The van der Waals surface area contributed by atoms with Gasteiger partial charge in [0.2, 0.25) is 0 Å². The van der Waals surface area contributed by atoms with Crippen LogP contribution in [0.2, 0.25) is 0 Å². The third kappa shape index (κ3) is 3.40. The van der Waals surface area contributed by atoms with Gasteiger partial charge < -0.3 is 15.4 Å². The summed E-state index contributed by atoms with van der Waals surface area (Å²) in [4.78, 5) is 4.62. The van der Waals surface area contributed by atoms with Gasteiger partial charge in [-0.3, -0.25) is 0 Å². The lowest BCUT2D eigenvalue weighted by atomic mass is 9.96. The summed E-state index contributed by atoms with van der Waals surface area (Å²) in [5.41, 5.74) is 1.67. The van der Waals surface area contributed by atoms with Crippen molar-refractivity contribution in [3.8, 4) is 0 Å². The summed E-state index contributed by atoms with van der Waals surface area (Å²) >= 11 is 0. The second kappa shape index (κ2) is 6.65. The molecule has 0 saturated carbocycles. The molecule has 2 N–H and O–H groups in total. The molecular formula is C17H24FN3O. The summed E-state index contributed by atoms with van der Waals surface area (Å²) in [7, 11) is 0. The third-order valence-corrected chi connectivity index (χ3v) is 4.41. The van der Waals surface area contributed by atoms with Crippen molar-refractivity contribution in [3.05, 3.63) is 35.1 Å². The molecular weight excluding hydrogens is 281 g/mol. The molecule has 4 nitrogen and oxygen atoms in total. The van der Waals surface area contributed by atoms with E-state index < -0.39 is 0 Å². The third-order valence-electron chi connectivity index (χ3n) is 4.41. The Kier molecular flexibility index (Phi) is 4.62. The summed E-state index contributed by atoms with van der Waals surface area (Å²) in [6.07, 6.45) is 4.13. The molecule has 2 bridgehead atoms. The Balaban J connectivity index is 1.63. The largest absolute Gasteiger partial charge is 0.373 e. The minimum absolute atomic E-state index is 0.170. The molecule has 0 amide bonds. The molecule has 0 aliphatic carbocycles. The van der Waals surface area contributed by atoms with E-state index in [-0.39, 0.29) is 5.82 Å². The molecule has 3 unspecified atom stereocenters. The summed E-state index contributed by atoms with van der Waals surface area (Å²) < 4.78 is 19.2. The Morgan fingerprint density at radius 2 is 2.27 bits per heavy atom. The van der Waals surface area contributed by atoms with Crippen molar-refractivity contribution in [2.75, 3.05) is 6.54 Å². The van der Waals surface area contributed by atoms with Crippen molar-refractivity contribution in [3.63, 3.8) is 0 Å². The molecule has 3 rings (SSSR count). The first-order chi connectivity index (χ1) is 10.7. The van der Waals surface area contributed by atoms with Crippen LogP contribution in [0.5, 0.6) is 0 Å². The van der Waals surface area contributed by atoms with Crippen LogP contribution in [-0.4, -0.2) is 30.8 Å². The number of rotatable bonds is 4. The Morgan fingerprint density at radius 1 is 1.41 bits per heavy atom. The molecule has 0 radical (unpaired) electrons. The minimum Gasteiger partial charge on any atom is -0.373 e. The summed E-state index contributed by atoms with van der Waals surface area (Å²) in [6.45, 7) is 5.18. The van der Waals surface area contributed by atoms with Gasteiger partial charge in [0.15, 0.2) is 5.96 Å². The number of nitrogens with zero attached hydrogens (tertiary/aromatic N) is 1. The molecule has 0 aromatic heterocycles. The quantitative estimate of drug-likeness (QED) is 0.664. The van der Waals surface area contributed by atoms with E-state index in [1.165, 1.54) is 12.5 Å². The highest BCUT2D eigenvalue weighted by Gasteiger charge is 2.41. The number of aliphatic imine (C=N–C) groups is 1. The van der Waals surface area contributed by atoms with Crippen LogP contribution < -0.4 is 10.6 Å². The number of fused-ring (bicyclic) bond motifs is 2. The van der Waals surface area contributed by atoms with Crippen molar-refractivity contribution >= 4 is 5.96 Å². The SMILES string of the molecule is CCNC(=NCc1ccc(F)c(C)c1)NC1CC2CCC1O2. The van der Waals surface area contributed by atoms with Gasteiger partial charge in [0.25, 0.3) is 0 Å². The number of hydrogen-bond acceptors (Lipinski definition) is 2. The van der Waals surface area contributed by atoms with E-state index in [2.05, 4.69) is 22.5 Å². The van der Waals surface area contributed by atoms with Gasteiger partial charge >= 0.3 is 0 Å². The average Bonchev–Trinajstić information content (AvgIpc) is 3.11. The number of guanidine groups is 1. The number of hydrogen-bond donors (Lipinski definition) is 2. The molecule has 2 aliphatic heterocycles. The predicted octanol–water partition coefficient (Wildman–Crippen LogP) is 2.51. The van der Waals surface area contributed by atoms with Crippen LogP contribution in [0.4, 0.5) is 4.39 Å². The van der Waals surface area contributed by atoms with Gasteiger partial charge in [-0.1, -0.05) is 12.1 Å². The first-order valence-electron chi connectivity index (χ1n) is 8.11. The molecule has 5 heteroatoms. The van der Waals surface area contributed by atoms with Gasteiger partial charge in [0, 0.05) is 6.54 Å². The van der Waals surface area contributed by atoms with Crippen molar-refractivity contribution in [2.45, 2.75) is 57.9 Å². The van der Waals surface area contributed by atoms with Crippen molar-refractivity contribution in [1.29, 1.82) is 0 Å². The number of aryl methyl sites for hydroxylation is 1. The second-order valence-corrected chi connectivity index (χ2v) is 6.14. The molecule has 2 saturated heterocycles. The lowest BCUT2D eigenvalue weighted by Gasteiger charge is -2.22. The minimum atomic E-state index is -0.170. The second-order valence-electron chi connectivity index (χ2n) is 6.14. The highest BCUT2D eigenvalue weighted by Crippen LogP contribution is 2.34. The van der Waals surface area contributed by atoms with E-state index in [1.807, 2.05) is 6.07 Å². The van der Waals surface area contributed by atoms with E-state index in [1.54, 1.807) is 13.0 Å². The lowest BCUT2D eigenvalue weighted by Crippen LogP contribution is -2.47. The first kappa shape index (κ1) is 15.3. The summed E-state index contributed by atoms with van der Waals surface area (Å²) in [6, 6.07) is 5.50. The van der Waals surface area contributed by atoms with E-state index in [0.29, 0.717) is 30.4 Å². The molecule has 3 atom stereocenters. The number of benzene rings is 1. The molecule has 120 valence electrons. The molecule has 22 heavy (non-hydrogen) atoms. The van der Waals surface area contributed by atoms with Crippen LogP contribution in [-0.2, 0) is 11.3 Å². The molecule has 2 heterocycles. The van der Waals surface area contributed by atoms with E-state index in [0.717, 1.165) is 30.9 Å². The Bertz CT molecular complexity index is 561. The zero-order chi connectivity index (χ0) is 15.5. The normalized spacial score (nSPS) is 27.2. The average molecular weight is 305 g/mol. The Labute approximate surface area is 131 Å². The molecule has 1 aromatic rings. The van der Waals surface area contributed by atoms with E-state index in [4.69, 9.17) is 4.74 Å². The first-order valence-corrected chi connectivity index (χ1v) is 8.11. The van der Waals surface area contributed by atoms with Gasteiger partial charge in [0.05, 0.1) is 24.8 Å². The van der Waals surface area contributed by atoms with Gasteiger partial charge in [-0.2, -0.15) is 0 Å². The maximum Gasteiger partial charge on any atom is 0.191 e. The highest BCUT2D eigenvalue weighted by atomic mass is 19.1. The summed E-state index contributed by atoms with van der Waals surface area (Å²) in [5.74, 6) is 0.641. The van der Waals surface area contributed by atoms with Gasteiger partial charge in [-0.25, -0.2) is 9.38 Å². The van der Waals surface area contributed by atoms with Crippen molar-refractivity contribution in [2.24, 2.45) is 4.99 Å². The zero-order valence-electron chi connectivity index (χ0n) is 13.2. The fourth-order valence-electron chi connectivity index (χ4n) is 3.26. The number of nitrogens with one attached hydrogen (secondary N) is 2. The van der Waals surface area contributed by atoms with E-state index >= 15 is 0 Å². The monoisotopic (exact) mass is 305 g/mol. The molecule has 2 fully saturated rings. The topological polar surface area (TPSA) is 45.7 Å². The van der Waals surface area contributed by atoms with Crippen molar-refractivity contribution < 1.29 is 9.13 Å². The van der Waals surface area contributed by atoms with Gasteiger partial charge in [-0.15, -0.1) is 0 Å². The fraction of sp³-hybridized carbons (Fsp3) is 0.588. The van der Waals surface area contributed by atoms with Crippen molar-refractivity contribution in [1.82, 2.24) is 10.6 Å². The van der Waals surface area contributed by atoms with Crippen LogP contribution in [0.25, 0.3) is 0 Å². The van der Waals surface area contributed by atoms with Crippen LogP contribution in [0.1, 0.15) is 37.3 Å². The van der Waals surface area contributed by atoms with Gasteiger partial charge in [0.1, 0.15) is 5.82 Å². The molecule has 0 spiro atoms.